The van der Waals surface area contributed by atoms with Gasteiger partial charge in [-0.3, -0.25) is 0 Å². The first-order chi connectivity index (χ1) is 11.8. The maximum atomic E-state index is 5.79. The number of hydrogen-bond acceptors (Lipinski definition) is 3. The van der Waals surface area contributed by atoms with Crippen molar-refractivity contribution >= 4 is 0 Å². The van der Waals surface area contributed by atoms with Crippen LogP contribution in [0.1, 0.15) is 6.92 Å². The lowest BCUT2D eigenvalue weighted by Gasteiger charge is -2.15. The molecule has 0 saturated carbocycles. The van der Waals surface area contributed by atoms with E-state index < -0.39 is 0 Å². The number of para-hydroxylation sites is 2. The molecule has 3 nitrogen and oxygen atoms in total. The summed E-state index contributed by atoms with van der Waals surface area (Å²) in [4.78, 5) is 0. The molecular formula is C21H20O3. The van der Waals surface area contributed by atoms with Crippen molar-refractivity contribution < 1.29 is 14.2 Å². The van der Waals surface area contributed by atoms with E-state index in [0.29, 0.717) is 6.61 Å². The molecule has 0 aliphatic heterocycles. The lowest BCUT2D eigenvalue weighted by atomic mass is 10.3. The minimum atomic E-state index is -0.0346. The first-order valence-corrected chi connectivity index (χ1v) is 7.97. The second-order valence-corrected chi connectivity index (χ2v) is 5.44. The van der Waals surface area contributed by atoms with Gasteiger partial charge in [-0.2, -0.15) is 0 Å². The van der Waals surface area contributed by atoms with E-state index in [4.69, 9.17) is 14.2 Å². The van der Waals surface area contributed by atoms with E-state index in [1.54, 1.807) is 0 Å². The van der Waals surface area contributed by atoms with E-state index in [2.05, 4.69) is 0 Å². The molecule has 122 valence electrons. The van der Waals surface area contributed by atoms with E-state index in [9.17, 15) is 0 Å². The summed E-state index contributed by atoms with van der Waals surface area (Å²) < 4.78 is 17.3. The average Bonchev–Trinajstić information content (AvgIpc) is 2.63. The van der Waals surface area contributed by atoms with Crippen molar-refractivity contribution in [3.05, 3.63) is 84.9 Å². The third kappa shape index (κ3) is 4.78. The maximum Gasteiger partial charge on any atom is 0.130 e. The smallest absolute Gasteiger partial charge is 0.130 e. The van der Waals surface area contributed by atoms with Crippen molar-refractivity contribution in [1.29, 1.82) is 0 Å². The second kappa shape index (κ2) is 8.06. The third-order valence-corrected chi connectivity index (χ3v) is 3.37. The highest BCUT2D eigenvalue weighted by Gasteiger charge is 2.05. The van der Waals surface area contributed by atoms with Gasteiger partial charge in [-0.25, -0.2) is 0 Å². The summed E-state index contributed by atoms with van der Waals surface area (Å²) in [5.74, 6) is 3.23. The molecule has 3 aromatic rings. The Morgan fingerprint density at radius 1 is 0.625 bits per heavy atom. The van der Waals surface area contributed by atoms with Crippen LogP contribution in [0.4, 0.5) is 0 Å². The fourth-order valence-corrected chi connectivity index (χ4v) is 2.21. The molecule has 0 spiro atoms. The molecule has 0 radical (unpaired) electrons. The van der Waals surface area contributed by atoms with Gasteiger partial charge in [-0.1, -0.05) is 36.4 Å². The minimum Gasteiger partial charge on any atom is -0.490 e. The monoisotopic (exact) mass is 320 g/mol. The van der Waals surface area contributed by atoms with Gasteiger partial charge in [0.25, 0.3) is 0 Å². The molecule has 0 aromatic heterocycles. The van der Waals surface area contributed by atoms with Crippen LogP contribution in [-0.2, 0) is 0 Å². The molecule has 0 heterocycles. The second-order valence-electron chi connectivity index (χ2n) is 5.44. The molecule has 0 unspecified atom stereocenters. The zero-order valence-electron chi connectivity index (χ0n) is 13.6. The van der Waals surface area contributed by atoms with Crippen LogP contribution >= 0.6 is 0 Å². The fraction of sp³-hybridized carbons (Fsp3) is 0.143. The molecular weight excluding hydrogens is 300 g/mol. The molecule has 1 atom stereocenters. The molecule has 0 N–H and O–H groups in total. The lowest BCUT2D eigenvalue weighted by Crippen LogP contribution is -2.20. The van der Waals surface area contributed by atoms with Gasteiger partial charge in [0, 0.05) is 0 Å². The Kier molecular flexibility index (Phi) is 5.36. The van der Waals surface area contributed by atoms with Crippen LogP contribution in [0.15, 0.2) is 84.9 Å². The zero-order valence-corrected chi connectivity index (χ0v) is 13.6. The molecule has 24 heavy (non-hydrogen) atoms. The van der Waals surface area contributed by atoms with Crippen molar-refractivity contribution in [2.24, 2.45) is 0 Å². The van der Waals surface area contributed by atoms with E-state index in [0.717, 1.165) is 23.0 Å². The van der Waals surface area contributed by atoms with Gasteiger partial charge >= 0.3 is 0 Å². The van der Waals surface area contributed by atoms with E-state index in [-0.39, 0.29) is 6.10 Å². The molecule has 0 fully saturated rings. The van der Waals surface area contributed by atoms with Gasteiger partial charge in [-0.05, 0) is 55.5 Å². The summed E-state index contributed by atoms with van der Waals surface area (Å²) in [6.07, 6.45) is -0.0346. The largest absolute Gasteiger partial charge is 0.490 e. The Morgan fingerprint density at radius 3 is 1.75 bits per heavy atom. The quantitative estimate of drug-likeness (QED) is 0.589. The molecule has 0 saturated heterocycles. The van der Waals surface area contributed by atoms with Crippen LogP contribution < -0.4 is 14.2 Å². The predicted octanol–water partition coefficient (Wildman–Crippen LogP) is 5.33. The van der Waals surface area contributed by atoms with Gasteiger partial charge in [0.1, 0.15) is 35.7 Å². The van der Waals surface area contributed by atoms with Gasteiger partial charge in [-0.15, -0.1) is 0 Å². The third-order valence-electron chi connectivity index (χ3n) is 3.37. The Morgan fingerprint density at radius 2 is 1.12 bits per heavy atom. The summed E-state index contributed by atoms with van der Waals surface area (Å²) in [5, 5.41) is 0. The van der Waals surface area contributed by atoms with E-state index in [1.165, 1.54) is 0 Å². The van der Waals surface area contributed by atoms with Crippen LogP contribution in [0.3, 0.4) is 0 Å². The normalized spacial score (nSPS) is 11.5. The Labute approximate surface area is 142 Å². The van der Waals surface area contributed by atoms with Gasteiger partial charge < -0.3 is 14.2 Å². The number of hydrogen-bond donors (Lipinski definition) is 0. The first-order valence-electron chi connectivity index (χ1n) is 7.97. The fourth-order valence-electron chi connectivity index (χ4n) is 2.21. The predicted molar refractivity (Wildman–Crippen MR) is 95.0 cm³/mol. The van der Waals surface area contributed by atoms with E-state index in [1.807, 2.05) is 91.9 Å². The Hall–Kier alpha value is -2.94. The van der Waals surface area contributed by atoms with Crippen molar-refractivity contribution in [3.8, 4) is 23.0 Å². The summed E-state index contributed by atoms with van der Waals surface area (Å²) in [6.45, 7) is 2.47. The topological polar surface area (TPSA) is 27.7 Å². The highest BCUT2D eigenvalue weighted by molar-refractivity contribution is 5.35. The van der Waals surface area contributed by atoms with Crippen molar-refractivity contribution in [2.75, 3.05) is 6.61 Å². The van der Waals surface area contributed by atoms with E-state index >= 15 is 0 Å². The van der Waals surface area contributed by atoms with Crippen LogP contribution in [0, 0.1) is 0 Å². The molecule has 3 rings (SSSR count). The summed E-state index contributed by atoms with van der Waals surface area (Å²) in [5.41, 5.74) is 0. The standard InChI is InChI=1S/C21H20O3/c1-17(23-19-8-4-2-5-9-19)16-22-18-12-14-21(15-13-18)24-20-10-6-3-7-11-20/h2-15,17H,16H2,1H3/t17-/m1/s1. The Balaban J connectivity index is 1.49. The van der Waals surface area contributed by atoms with Crippen LogP contribution in [0.5, 0.6) is 23.0 Å². The highest BCUT2D eigenvalue weighted by Crippen LogP contribution is 2.23. The molecule has 0 amide bonds. The van der Waals surface area contributed by atoms with Gasteiger partial charge in [0.2, 0.25) is 0 Å². The SMILES string of the molecule is C[C@H](COc1ccc(Oc2ccccc2)cc1)Oc1ccccc1. The number of benzene rings is 3. The summed E-state index contributed by atoms with van der Waals surface area (Å²) in [6, 6.07) is 27.0. The number of rotatable bonds is 7. The minimum absolute atomic E-state index is 0.0346. The maximum absolute atomic E-state index is 5.79. The molecule has 0 aliphatic rings. The molecule has 0 bridgehead atoms. The average molecular weight is 320 g/mol. The molecule has 3 aromatic carbocycles. The molecule has 0 aliphatic carbocycles. The van der Waals surface area contributed by atoms with Gasteiger partial charge in [0.05, 0.1) is 0 Å². The lowest BCUT2D eigenvalue weighted by molar-refractivity contribution is 0.143. The van der Waals surface area contributed by atoms with Crippen molar-refractivity contribution in [3.63, 3.8) is 0 Å². The van der Waals surface area contributed by atoms with Crippen LogP contribution in [0.2, 0.25) is 0 Å². The Bertz CT molecular complexity index is 724. The van der Waals surface area contributed by atoms with Crippen molar-refractivity contribution in [2.45, 2.75) is 13.0 Å². The van der Waals surface area contributed by atoms with Crippen molar-refractivity contribution in [1.82, 2.24) is 0 Å². The van der Waals surface area contributed by atoms with Crippen LogP contribution in [0.25, 0.3) is 0 Å². The summed E-state index contributed by atoms with van der Waals surface area (Å²) in [7, 11) is 0. The molecule has 3 heteroatoms. The number of ether oxygens (including phenoxy) is 3. The first kappa shape index (κ1) is 15.9. The highest BCUT2D eigenvalue weighted by atomic mass is 16.5. The zero-order chi connectivity index (χ0) is 16.6. The van der Waals surface area contributed by atoms with Gasteiger partial charge in [0.15, 0.2) is 0 Å². The van der Waals surface area contributed by atoms with Crippen LogP contribution in [-0.4, -0.2) is 12.7 Å². The summed E-state index contributed by atoms with van der Waals surface area (Å²) >= 11 is 0.